The summed E-state index contributed by atoms with van der Waals surface area (Å²) in [4.78, 5) is 22.8. The summed E-state index contributed by atoms with van der Waals surface area (Å²) in [6, 6.07) is -0.300. The molecule has 1 aliphatic heterocycles. The number of carbonyl (C=O) groups excluding carboxylic acids is 2. The van der Waals surface area contributed by atoms with Crippen molar-refractivity contribution in [3.63, 3.8) is 0 Å². The zero-order chi connectivity index (χ0) is 12.7. The molecule has 0 aromatic carbocycles. The van der Waals surface area contributed by atoms with Crippen LogP contribution in [0.3, 0.4) is 0 Å². The van der Waals surface area contributed by atoms with E-state index in [0.29, 0.717) is 18.8 Å². The number of unbranched alkanes of at least 4 members (excludes halogenated alkanes) is 1. The summed E-state index contributed by atoms with van der Waals surface area (Å²) in [5, 5.41) is 5.64. The minimum absolute atomic E-state index is 0.0109. The molecule has 1 fully saturated rings. The van der Waals surface area contributed by atoms with Gasteiger partial charge in [-0.25, -0.2) is 0 Å². The second-order valence-corrected chi connectivity index (χ2v) is 4.82. The Hall–Kier alpha value is -1.06. The maximum atomic E-state index is 11.8. The average molecular weight is 240 g/mol. The van der Waals surface area contributed by atoms with Gasteiger partial charge in [0, 0.05) is 13.0 Å². The van der Waals surface area contributed by atoms with Crippen LogP contribution in [0.2, 0.25) is 0 Å². The minimum atomic E-state index is -0.300. The van der Waals surface area contributed by atoms with E-state index in [2.05, 4.69) is 24.5 Å². The fourth-order valence-electron chi connectivity index (χ4n) is 2.12. The van der Waals surface area contributed by atoms with Crippen molar-refractivity contribution >= 4 is 11.8 Å². The first-order chi connectivity index (χ1) is 8.17. The Balaban J connectivity index is 2.23. The maximum Gasteiger partial charge on any atom is 0.242 e. The lowest BCUT2D eigenvalue weighted by Crippen LogP contribution is -2.43. The smallest absolute Gasteiger partial charge is 0.242 e. The summed E-state index contributed by atoms with van der Waals surface area (Å²) >= 11 is 0. The molecule has 2 amide bonds. The topological polar surface area (TPSA) is 58.2 Å². The summed E-state index contributed by atoms with van der Waals surface area (Å²) in [7, 11) is 0. The van der Waals surface area contributed by atoms with E-state index in [1.807, 2.05) is 0 Å². The van der Waals surface area contributed by atoms with E-state index in [1.54, 1.807) is 0 Å². The van der Waals surface area contributed by atoms with Crippen LogP contribution in [0.4, 0.5) is 0 Å². The minimum Gasteiger partial charge on any atom is -0.354 e. The molecule has 4 heteroatoms. The summed E-state index contributed by atoms with van der Waals surface area (Å²) in [5.41, 5.74) is 0. The van der Waals surface area contributed by atoms with E-state index >= 15 is 0 Å². The van der Waals surface area contributed by atoms with Gasteiger partial charge in [-0.3, -0.25) is 9.59 Å². The van der Waals surface area contributed by atoms with Crippen molar-refractivity contribution in [2.75, 3.05) is 6.54 Å². The third kappa shape index (κ3) is 4.75. The highest BCUT2D eigenvalue weighted by Gasteiger charge is 2.27. The van der Waals surface area contributed by atoms with E-state index < -0.39 is 0 Å². The van der Waals surface area contributed by atoms with Gasteiger partial charge in [0.1, 0.15) is 6.04 Å². The third-order valence-corrected chi connectivity index (χ3v) is 3.42. The van der Waals surface area contributed by atoms with Gasteiger partial charge >= 0.3 is 0 Å². The maximum absolute atomic E-state index is 11.8. The number of carbonyl (C=O) groups is 2. The van der Waals surface area contributed by atoms with Crippen molar-refractivity contribution < 1.29 is 9.59 Å². The first kappa shape index (κ1) is 14.0. The van der Waals surface area contributed by atoms with Crippen molar-refractivity contribution in [2.24, 2.45) is 5.92 Å². The molecule has 1 saturated heterocycles. The standard InChI is InChI=1S/C13H24N2O2/c1-3-5-6-10(4-2)9-14-13(17)11-7-8-12(16)15-11/h10-11H,3-9H2,1-2H3,(H,14,17)(H,15,16)/t10?,11-/m1/s1. The largest absolute Gasteiger partial charge is 0.354 e. The number of nitrogens with one attached hydrogen (secondary N) is 2. The van der Waals surface area contributed by atoms with Gasteiger partial charge in [-0.15, -0.1) is 0 Å². The average Bonchev–Trinajstić information content (AvgIpc) is 2.76. The lowest BCUT2D eigenvalue weighted by atomic mass is 9.99. The van der Waals surface area contributed by atoms with E-state index in [9.17, 15) is 9.59 Å². The fraction of sp³-hybridized carbons (Fsp3) is 0.846. The summed E-state index contributed by atoms with van der Waals surface area (Å²) in [6.07, 6.45) is 5.79. The second-order valence-electron chi connectivity index (χ2n) is 4.82. The van der Waals surface area contributed by atoms with Crippen molar-refractivity contribution in [3.8, 4) is 0 Å². The molecule has 1 unspecified atom stereocenters. The Morgan fingerprint density at radius 3 is 2.82 bits per heavy atom. The molecule has 0 radical (unpaired) electrons. The van der Waals surface area contributed by atoms with Crippen molar-refractivity contribution in [1.29, 1.82) is 0 Å². The normalized spacial score (nSPS) is 21.1. The van der Waals surface area contributed by atoms with Crippen LogP contribution in [0, 0.1) is 5.92 Å². The Morgan fingerprint density at radius 1 is 1.53 bits per heavy atom. The highest BCUT2D eigenvalue weighted by Crippen LogP contribution is 2.12. The van der Waals surface area contributed by atoms with Crippen LogP contribution < -0.4 is 10.6 Å². The van der Waals surface area contributed by atoms with Crippen molar-refractivity contribution in [1.82, 2.24) is 10.6 Å². The molecule has 0 aliphatic carbocycles. The SMILES string of the molecule is CCCCC(CC)CNC(=O)[C@H]1CCC(=O)N1. The molecule has 2 N–H and O–H groups in total. The molecule has 1 heterocycles. The van der Waals surface area contributed by atoms with Crippen LogP contribution in [0.25, 0.3) is 0 Å². The Labute approximate surface area is 104 Å². The van der Waals surface area contributed by atoms with Gasteiger partial charge in [0.05, 0.1) is 0 Å². The molecule has 1 rings (SSSR count). The Kier molecular flexibility index (Phi) is 6.01. The Bertz CT molecular complexity index is 266. The number of amides is 2. The predicted molar refractivity (Wildman–Crippen MR) is 67.5 cm³/mol. The third-order valence-electron chi connectivity index (χ3n) is 3.42. The van der Waals surface area contributed by atoms with Crippen LogP contribution in [0.5, 0.6) is 0 Å². The summed E-state index contributed by atoms with van der Waals surface area (Å²) in [5.74, 6) is 0.532. The number of rotatable bonds is 7. The fourth-order valence-corrected chi connectivity index (χ4v) is 2.12. The van der Waals surface area contributed by atoms with E-state index in [4.69, 9.17) is 0 Å². The summed E-state index contributed by atoms with van der Waals surface area (Å²) in [6.45, 7) is 5.07. The van der Waals surface area contributed by atoms with Gasteiger partial charge in [0.15, 0.2) is 0 Å². The molecule has 0 saturated carbocycles. The van der Waals surface area contributed by atoms with Gasteiger partial charge in [-0.1, -0.05) is 33.1 Å². The van der Waals surface area contributed by atoms with Gasteiger partial charge in [-0.05, 0) is 18.8 Å². The van der Waals surface area contributed by atoms with Crippen LogP contribution in [-0.4, -0.2) is 24.4 Å². The molecule has 1 aliphatic rings. The molecular weight excluding hydrogens is 216 g/mol. The second kappa shape index (κ2) is 7.30. The van der Waals surface area contributed by atoms with Crippen LogP contribution >= 0.6 is 0 Å². The molecule has 2 atom stereocenters. The molecule has 0 spiro atoms. The predicted octanol–water partition coefficient (Wildman–Crippen LogP) is 1.60. The summed E-state index contributed by atoms with van der Waals surface area (Å²) < 4.78 is 0. The van der Waals surface area contributed by atoms with E-state index in [1.165, 1.54) is 19.3 Å². The zero-order valence-corrected chi connectivity index (χ0v) is 10.9. The van der Waals surface area contributed by atoms with E-state index in [0.717, 1.165) is 13.0 Å². The highest BCUT2D eigenvalue weighted by molar-refractivity contribution is 5.90. The van der Waals surface area contributed by atoms with Crippen LogP contribution in [-0.2, 0) is 9.59 Å². The monoisotopic (exact) mass is 240 g/mol. The Morgan fingerprint density at radius 2 is 2.29 bits per heavy atom. The first-order valence-electron chi connectivity index (χ1n) is 6.74. The van der Waals surface area contributed by atoms with Gasteiger partial charge in [0.25, 0.3) is 0 Å². The molecular formula is C13H24N2O2. The first-order valence-corrected chi connectivity index (χ1v) is 6.74. The highest BCUT2D eigenvalue weighted by atomic mass is 16.2. The quantitative estimate of drug-likeness (QED) is 0.710. The van der Waals surface area contributed by atoms with Gasteiger partial charge in [0.2, 0.25) is 11.8 Å². The molecule has 4 nitrogen and oxygen atoms in total. The lowest BCUT2D eigenvalue weighted by molar-refractivity contribution is -0.125. The number of hydrogen-bond acceptors (Lipinski definition) is 2. The lowest BCUT2D eigenvalue weighted by Gasteiger charge is -2.17. The zero-order valence-electron chi connectivity index (χ0n) is 10.9. The van der Waals surface area contributed by atoms with E-state index in [-0.39, 0.29) is 17.9 Å². The molecule has 17 heavy (non-hydrogen) atoms. The van der Waals surface area contributed by atoms with Gasteiger partial charge in [-0.2, -0.15) is 0 Å². The van der Waals surface area contributed by atoms with Crippen LogP contribution in [0.1, 0.15) is 52.4 Å². The molecule has 0 aromatic heterocycles. The van der Waals surface area contributed by atoms with Crippen molar-refractivity contribution in [2.45, 2.75) is 58.4 Å². The molecule has 0 bridgehead atoms. The van der Waals surface area contributed by atoms with Crippen LogP contribution in [0.15, 0.2) is 0 Å². The molecule has 98 valence electrons. The van der Waals surface area contributed by atoms with Gasteiger partial charge < -0.3 is 10.6 Å². The van der Waals surface area contributed by atoms with Crippen molar-refractivity contribution in [3.05, 3.63) is 0 Å². The molecule has 0 aromatic rings. The number of hydrogen-bond donors (Lipinski definition) is 2.